The van der Waals surface area contributed by atoms with Gasteiger partial charge in [-0.15, -0.1) is 0 Å². The van der Waals surface area contributed by atoms with Crippen molar-refractivity contribution in [3.63, 3.8) is 0 Å². The molecule has 0 unspecified atom stereocenters. The maximum absolute atomic E-state index is 13.4. The first-order valence-corrected chi connectivity index (χ1v) is 15.5. The van der Waals surface area contributed by atoms with E-state index in [1.165, 1.54) is 35.6 Å². The summed E-state index contributed by atoms with van der Waals surface area (Å²) in [7, 11) is 1.55. The molecular formula is C29H41ClN4O6S. The van der Waals surface area contributed by atoms with E-state index in [1.54, 1.807) is 30.0 Å². The number of hydrogen-bond acceptors (Lipinski definition) is 7. The monoisotopic (exact) mass is 608 g/mol. The number of benzene rings is 2. The molecule has 0 spiro atoms. The molecule has 0 fully saturated rings. The van der Waals surface area contributed by atoms with E-state index >= 15 is 0 Å². The van der Waals surface area contributed by atoms with Crippen molar-refractivity contribution in [3.05, 3.63) is 53.1 Å². The van der Waals surface area contributed by atoms with Crippen LogP contribution in [-0.4, -0.2) is 99.0 Å². The van der Waals surface area contributed by atoms with E-state index in [0.717, 1.165) is 6.54 Å². The minimum atomic E-state index is -3.84. The number of nitrogens with one attached hydrogen (secondary N) is 1. The summed E-state index contributed by atoms with van der Waals surface area (Å²) >= 11 is 5.95. The molecule has 41 heavy (non-hydrogen) atoms. The molecule has 10 nitrogen and oxygen atoms in total. The predicted octanol–water partition coefficient (Wildman–Crippen LogP) is 3.09. The molecule has 0 aromatic heterocycles. The second-order valence-electron chi connectivity index (χ2n) is 10.9. The van der Waals surface area contributed by atoms with Gasteiger partial charge < -0.3 is 25.0 Å². The third-order valence-electron chi connectivity index (χ3n) is 7.17. The molecule has 0 radical (unpaired) electrons. The van der Waals surface area contributed by atoms with Crippen molar-refractivity contribution in [3.8, 4) is 5.75 Å². The van der Waals surface area contributed by atoms with Crippen LogP contribution in [0.25, 0.3) is 0 Å². The Hall–Kier alpha value is -2.70. The molecular weight excluding hydrogens is 568 g/mol. The minimum absolute atomic E-state index is 0.00235. The number of carbonyl (C=O) groups is 2. The van der Waals surface area contributed by atoms with Crippen LogP contribution in [0.5, 0.6) is 5.75 Å². The third-order valence-corrected chi connectivity index (χ3v) is 9.26. The van der Waals surface area contributed by atoms with E-state index in [4.69, 9.17) is 16.3 Å². The number of rotatable bonds is 11. The highest BCUT2D eigenvalue weighted by Gasteiger charge is 2.33. The molecule has 2 aromatic carbocycles. The van der Waals surface area contributed by atoms with E-state index in [9.17, 15) is 23.1 Å². The number of hydrogen-bond donors (Lipinski definition) is 2. The number of fused-ring (bicyclic) bond motifs is 1. The lowest BCUT2D eigenvalue weighted by Gasteiger charge is -2.33. The van der Waals surface area contributed by atoms with Gasteiger partial charge >= 0.3 is 0 Å². The lowest BCUT2D eigenvalue weighted by Crippen LogP contribution is -2.48. The van der Waals surface area contributed by atoms with Crippen molar-refractivity contribution < 1.29 is 27.9 Å². The van der Waals surface area contributed by atoms with Gasteiger partial charge in [0.2, 0.25) is 21.8 Å². The fraction of sp³-hybridized carbons (Fsp3) is 0.517. The number of sulfonamides is 1. The molecule has 226 valence electrons. The van der Waals surface area contributed by atoms with Gasteiger partial charge in [-0.3, -0.25) is 9.59 Å². The first kappa shape index (κ1) is 32.8. The number of nitrogens with zero attached hydrogens (tertiary/aromatic N) is 3. The molecule has 2 N–H and O–H groups in total. The largest absolute Gasteiger partial charge is 0.488 e. The van der Waals surface area contributed by atoms with Crippen molar-refractivity contribution >= 4 is 39.1 Å². The Bertz CT molecular complexity index is 1300. The van der Waals surface area contributed by atoms with E-state index < -0.39 is 22.2 Å². The van der Waals surface area contributed by atoms with Gasteiger partial charge in [0, 0.05) is 42.2 Å². The van der Waals surface area contributed by atoms with Crippen LogP contribution < -0.4 is 10.1 Å². The molecule has 3 atom stereocenters. The fourth-order valence-corrected chi connectivity index (χ4v) is 5.95. The van der Waals surface area contributed by atoms with E-state index in [-0.39, 0.29) is 48.7 Å². The molecule has 0 aliphatic carbocycles. The Balaban J connectivity index is 1.90. The zero-order chi connectivity index (χ0) is 30.3. The normalized spacial score (nSPS) is 18.8. The number of aliphatic hydroxyl groups excluding tert-OH is 1. The second-order valence-corrected chi connectivity index (χ2v) is 13.4. The first-order chi connectivity index (χ1) is 19.3. The van der Waals surface area contributed by atoms with Crippen LogP contribution in [0.4, 0.5) is 5.69 Å². The van der Waals surface area contributed by atoms with Crippen molar-refractivity contribution in [2.45, 2.75) is 50.2 Å². The van der Waals surface area contributed by atoms with Crippen molar-refractivity contribution in [2.24, 2.45) is 5.92 Å². The van der Waals surface area contributed by atoms with E-state index in [2.05, 4.69) is 5.32 Å². The highest BCUT2D eigenvalue weighted by molar-refractivity contribution is 7.89. The van der Waals surface area contributed by atoms with Gasteiger partial charge in [-0.1, -0.05) is 18.5 Å². The second kappa shape index (κ2) is 14.5. The van der Waals surface area contributed by atoms with Gasteiger partial charge in [-0.2, -0.15) is 4.31 Å². The average molecular weight is 609 g/mol. The standard InChI is InChI=1S/C29H41ClN4O6S/c1-20-17-34(21(2)19-35)29(37)16-22-15-24(31-28(36)7-6-14-32(3)4)10-13-26(22)40-27(20)18-33(5)41(38,39)25-11-8-23(30)9-12-25/h8-13,15,20-21,27,35H,6-7,14,16-19H2,1-5H3,(H,31,36)/t20-,21-,27-/m1/s1. The lowest BCUT2D eigenvalue weighted by atomic mass is 10.0. The maximum Gasteiger partial charge on any atom is 0.242 e. The summed E-state index contributed by atoms with van der Waals surface area (Å²) in [6.45, 7) is 4.52. The van der Waals surface area contributed by atoms with Crippen molar-refractivity contribution in [1.82, 2.24) is 14.1 Å². The van der Waals surface area contributed by atoms with Gasteiger partial charge in [0.15, 0.2) is 0 Å². The number of ether oxygens (including phenoxy) is 1. The SMILES string of the molecule is C[C@@H]1CN([C@H](C)CO)C(=O)Cc2cc(NC(=O)CCCN(C)C)ccc2O[C@@H]1CN(C)S(=O)(=O)c1ccc(Cl)cc1. The van der Waals surface area contributed by atoms with Gasteiger partial charge in [-0.05, 0) is 76.4 Å². The quantitative estimate of drug-likeness (QED) is 0.402. The van der Waals surface area contributed by atoms with Crippen molar-refractivity contribution in [1.29, 1.82) is 0 Å². The zero-order valence-electron chi connectivity index (χ0n) is 24.3. The highest BCUT2D eigenvalue weighted by atomic mass is 35.5. The number of anilines is 1. The van der Waals surface area contributed by atoms with Crippen LogP contribution in [-0.2, 0) is 26.0 Å². The van der Waals surface area contributed by atoms with Gasteiger partial charge in [0.25, 0.3) is 0 Å². The summed E-state index contributed by atoms with van der Waals surface area (Å²) < 4.78 is 34.3. The number of amides is 2. The molecule has 0 bridgehead atoms. The smallest absolute Gasteiger partial charge is 0.242 e. The number of aliphatic hydroxyl groups is 1. The summed E-state index contributed by atoms with van der Waals surface area (Å²) in [6, 6.07) is 10.7. The van der Waals surface area contributed by atoms with Gasteiger partial charge in [0.1, 0.15) is 11.9 Å². The third kappa shape index (κ3) is 8.89. The Kier molecular flexibility index (Phi) is 11.6. The van der Waals surface area contributed by atoms with Crippen LogP contribution in [0.15, 0.2) is 47.4 Å². The Morgan fingerprint density at radius 2 is 1.88 bits per heavy atom. The molecule has 1 aliphatic rings. The molecule has 2 amide bonds. The summed E-state index contributed by atoms with van der Waals surface area (Å²) in [5.41, 5.74) is 1.11. The fourth-order valence-electron chi connectivity index (χ4n) is 4.64. The topological polar surface area (TPSA) is 119 Å². The van der Waals surface area contributed by atoms with Crippen LogP contribution >= 0.6 is 11.6 Å². The number of likely N-dealkylation sites (N-methyl/N-ethyl adjacent to an activating group) is 1. The molecule has 12 heteroatoms. The molecule has 1 aliphatic heterocycles. The minimum Gasteiger partial charge on any atom is -0.488 e. The van der Waals surface area contributed by atoms with Crippen LogP contribution in [0.1, 0.15) is 32.3 Å². The molecule has 3 rings (SSSR count). The summed E-state index contributed by atoms with van der Waals surface area (Å²) in [6.07, 6.45) is 0.459. The molecule has 1 heterocycles. The Morgan fingerprint density at radius 1 is 1.20 bits per heavy atom. The zero-order valence-corrected chi connectivity index (χ0v) is 25.9. The molecule has 0 saturated heterocycles. The maximum atomic E-state index is 13.4. The van der Waals surface area contributed by atoms with Gasteiger partial charge in [0.05, 0.1) is 30.5 Å². The summed E-state index contributed by atoms with van der Waals surface area (Å²) in [5.74, 6) is -0.159. The highest BCUT2D eigenvalue weighted by Crippen LogP contribution is 2.30. The molecule has 2 aromatic rings. The van der Waals surface area contributed by atoms with Crippen molar-refractivity contribution in [2.75, 3.05) is 52.7 Å². The molecule has 0 saturated carbocycles. The predicted molar refractivity (Wildman–Crippen MR) is 160 cm³/mol. The summed E-state index contributed by atoms with van der Waals surface area (Å²) in [5, 5.41) is 13.2. The summed E-state index contributed by atoms with van der Waals surface area (Å²) in [4.78, 5) is 29.6. The van der Waals surface area contributed by atoms with Gasteiger partial charge in [-0.25, -0.2) is 8.42 Å². The van der Waals surface area contributed by atoms with Crippen LogP contribution in [0.2, 0.25) is 5.02 Å². The lowest BCUT2D eigenvalue weighted by molar-refractivity contribution is -0.134. The van der Waals surface area contributed by atoms with E-state index in [0.29, 0.717) is 34.9 Å². The number of carbonyl (C=O) groups excluding carboxylic acids is 2. The van der Waals surface area contributed by atoms with Crippen LogP contribution in [0, 0.1) is 5.92 Å². The van der Waals surface area contributed by atoms with E-state index in [1.807, 2.05) is 25.9 Å². The number of halogens is 1. The Labute approximate surface area is 248 Å². The first-order valence-electron chi connectivity index (χ1n) is 13.7. The average Bonchev–Trinajstić information content (AvgIpc) is 2.95. The Morgan fingerprint density at radius 3 is 2.51 bits per heavy atom. The van der Waals surface area contributed by atoms with Crippen LogP contribution in [0.3, 0.4) is 0 Å².